The molecule has 3 heterocycles. The minimum atomic E-state index is -0.458. The van der Waals surface area contributed by atoms with Gasteiger partial charge in [0.05, 0.1) is 0 Å². The summed E-state index contributed by atoms with van der Waals surface area (Å²) in [5.74, 6) is 1.12. The monoisotopic (exact) mass is 375 g/mol. The first-order valence-electron chi connectivity index (χ1n) is 9.85. The minimum absolute atomic E-state index is 0.222. The molecule has 1 unspecified atom stereocenters. The number of aromatic nitrogens is 3. The van der Waals surface area contributed by atoms with Gasteiger partial charge in [0.15, 0.2) is 5.65 Å². The van der Waals surface area contributed by atoms with Gasteiger partial charge in [-0.3, -0.25) is 4.40 Å². The van der Waals surface area contributed by atoms with Crippen LogP contribution in [0.1, 0.15) is 53.0 Å². The van der Waals surface area contributed by atoms with Crippen molar-refractivity contribution in [1.29, 1.82) is 0 Å². The zero-order chi connectivity index (χ0) is 20.0. The Labute approximate surface area is 162 Å². The smallest absolute Gasteiger partial charge is 0.410 e. The second-order valence-electron chi connectivity index (χ2n) is 7.72. The molecule has 1 aliphatic rings. The van der Waals surface area contributed by atoms with Crippen LogP contribution in [0.2, 0.25) is 0 Å². The zero-order valence-electron chi connectivity index (χ0n) is 17.5. The number of ether oxygens (including phenoxy) is 1. The standard InChI is InChI=1S/C18H27N5O2.C2H6/c1-13-7-5-10-23-15(13)20-21-16(23)19-11-14-8-6-9-22(12-14)17(24)25-18(2,3)4;1-2/h5,7,10,14H,6,8-9,11-12H2,1-4H3,(H,19,21);1-2H3. The Bertz CT molecular complexity index is 750. The highest BCUT2D eigenvalue weighted by Gasteiger charge is 2.27. The molecule has 0 bridgehead atoms. The normalized spacial score (nSPS) is 17.3. The van der Waals surface area contributed by atoms with Crippen LogP contribution in [0.25, 0.3) is 5.65 Å². The molecule has 150 valence electrons. The summed E-state index contributed by atoms with van der Waals surface area (Å²) in [7, 11) is 0. The number of aryl methyl sites for hydroxylation is 1. The predicted molar refractivity (Wildman–Crippen MR) is 108 cm³/mol. The molecule has 1 saturated heterocycles. The molecule has 1 amide bonds. The molecule has 0 spiro atoms. The molecule has 1 atom stereocenters. The van der Waals surface area contributed by atoms with Crippen molar-refractivity contribution in [3.05, 3.63) is 23.9 Å². The molecule has 2 aromatic rings. The van der Waals surface area contributed by atoms with Crippen molar-refractivity contribution in [1.82, 2.24) is 19.5 Å². The first kappa shape index (κ1) is 21.0. The maximum absolute atomic E-state index is 12.3. The van der Waals surface area contributed by atoms with Gasteiger partial charge < -0.3 is 15.0 Å². The van der Waals surface area contributed by atoms with Crippen LogP contribution >= 0.6 is 0 Å². The first-order valence-corrected chi connectivity index (χ1v) is 9.85. The third-order valence-corrected chi connectivity index (χ3v) is 4.35. The van der Waals surface area contributed by atoms with E-state index in [4.69, 9.17) is 4.74 Å². The summed E-state index contributed by atoms with van der Waals surface area (Å²) in [6.07, 6.45) is 3.81. The van der Waals surface area contributed by atoms with Crippen LogP contribution in [0.15, 0.2) is 18.3 Å². The van der Waals surface area contributed by atoms with Gasteiger partial charge in [-0.2, -0.15) is 0 Å². The van der Waals surface area contributed by atoms with Gasteiger partial charge in [-0.05, 0) is 58.1 Å². The number of nitrogens with one attached hydrogen (secondary N) is 1. The van der Waals surface area contributed by atoms with E-state index in [-0.39, 0.29) is 6.09 Å². The molecule has 0 aliphatic carbocycles. The van der Waals surface area contributed by atoms with Gasteiger partial charge in [-0.15, -0.1) is 10.2 Å². The van der Waals surface area contributed by atoms with E-state index in [1.54, 1.807) is 0 Å². The summed E-state index contributed by atoms with van der Waals surface area (Å²) in [4.78, 5) is 14.1. The quantitative estimate of drug-likeness (QED) is 0.873. The van der Waals surface area contributed by atoms with Crippen molar-refractivity contribution < 1.29 is 9.53 Å². The van der Waals surface area contributed by atoms with E-state index in [1.165, 1.54) is 0 Å². The molecule has 2 aromatic heterocycles. The Morgan fingerprint density at radius 1 is 1.33 bits per heavy atom. The van der Waals surface area contributed by atoms with Crippen molar-refractivity contribution in [3.63, 3.8) is 0 Å². The number of rotatable bonds is 3. The van der Waals surface area contributed by atoms with E-state index in [0.29, 0.717) is 12.5 Å². The summed E-state index contributed by atoms with van der Waals surface area (Å²) in [6, 6.07) is 4.01. The number of likely N-dealkylation sites (tertiary alicyclic amines) is 1. The van der Waals surface area contributed by atoms with Gasteiger partial charge in [-0.25, -0.2) is 4.79 Å². The van der Waals surface area contributed by atoms with E-state index in [2.05, 4.69) is 15.5 Å². The second kappa shape index (κ2) is 9.06. The van der Waals surface area contributed by atoms with Crippen molar-refractivity contribution >= 4 is 17.7 Å². The van der Waals surface area contributed by atoms with Crippen LogP contribution < -0.4 is 5.32 Å². The summed E-state index contributed by atoms with van der Waals surface area (Å²) < 4.78 is 7.45. The summed E-state index contributed by atoms with van der Waals surface area (Å²) >= 11 is 0. The molecule has 0 radical (unpaired) electrons. The highest BCUT2D eigenvalue weighted by Crippen LogP contribution is 2.20. The Kier molecular flexibility index (Phi) is 7.05. The maximum Gasteiger partial charge on any atom is 0.410 e. The lowest BCUT2D eigenvalue weighted by atomic mass is 9.98. The molecule has 27 heavy (non-hydrogen) atoms. The van der Waals surface area contributed by atoms with E-state index in [9.17, 15) is 4.79 Å². The fraction of sp³-hybridized carbons (Fsp3) is 0.650. The molecule has 7 heteroatoms. The molecule has 0 saturated carbocycles. The second-order valence-corrected chi connectivity index (χ2v) is 7.72. The van der Waals surface area contributed by atoms with Gasteiger partial charge >= 0.3 is 6.09 Å². The number of carbonyl (C=O) groups excluding carboxylic acids is 1. The lowest BCUT2D eigenvalue weighted by molar-refractivity contribution is 0.0172. The Balaban J connectivity index is 0.00000126. The van der Waals surface area contributed by atoms with E-state index in [0.717, 1.165) is 43.1 Å². The lowest BCUT2D eigenvalue weighted by Gasteiger charge is -2.34. The molecule has 0 aromatic carbocycles. The van der Waals surface area contributed by atoms with Crippen molar-refractivity contribution in [3.8, 4) is 0 Å². The van der Waals surface area contributed by atoms with Gasteiger partial charge in [0.1, 0.15) is 5.60 Å². The molecule has 7 nitrogen and oxygen atoms in total. The average molecular weight is 376 g/mol. The van der Waals surface area contributed by atoms with Gasteiger partial charge in [0.25, 0.3) is 0 Å². The van der Waals surface area contributed by atoms with E-state index in [1.807, 2.05) is 69.2 Å². The van der Waals surface area contributed by atoms with Crippen molar-refractivity contribution in [2.45, 2.75) is 60.0 Å². The van der Waals surface area contributed by atoms with E-state index >= 15 is 0 Å². The topological polar surface area (TPSA) is 71.8 Å². The molecular formula is C20H33N5O2. The number of nitrogens with zero attached hydrogens (tertiary/aromatic N) is 4. The molecule has 1 aliphatic heterocycles. The average Bonchev–Trinajstić information content (AvgIpc) is 3.05. The summed E-state index contributed by atoms with van der Waals surface area (Å²) in [5.41, 5.74) is 1.50. The predicted octanol–water partition coefficient (Wildman–Crippen LogP) is 4.12. The molecule has 1 N–H and O–H groups in total. The minimum Gasteiger partial charge on any atom is -0.444 e. The van der Waals surface area contributed by atoms with Gasteiger partial charge in [0, 0.05) is 25.8 Å². The Morgan fingerprint density at radius 3 is 2.78 bits per heavy atom. The van der Waals surface area contributed by atoms with Crippen LogP contribution in [0, 0.1) is 12.8 Å². The number of fused-ring (bicyclic) bond motifs is 1. The number of amides is 1. The van der Waals surface area contributed by atoms with Crippen LogP contribution in [0.5, 0.6) is 0 Å². The fourth-order valence-electron chi connectivity index (χ4n) is 3.13. The third-order valence-electron chi connectivity index (χ3n) is 4.35. The number of piperidine rings is 1. The van der Waals surface area contributed by atoms with Gasteiger partial charge in [0.2, 0.25) is 5.95 Å². The Hall–Kier alpha value is -2.31. The number of hydrogen-bond acceptors (Lipinski definition) is 5. The van der Waals surface area contributed by atoms with Gasteiger partial charge in [-0.1, -0.05) is 19.9 Å². The third kappa shape index (κ3) is 5.58. The highest BCUT2D eigenvalue weighted by molar-refractivity contribution is 5.68. The summed E-state index contributed by atoms with van der Waals surface area (Å²) in [5, 5.41) is 11.9. The number of hydrogen-bond donors (Lipinski definition) is 1. The maximum atomic E-state index is 12.3. The van der Waals surface area contributed by atoms with Crippen LogP contribution in [-0.2, 0) is 4.74 Å². The van der Waals surface area contributed by atoms with Crippen LogP contribution in [0.3, 0.4) is 0 Å². The summed E-state index contributed by atoms with van der Waals surface area (Å²) in [6.45, 7) is 13.9. The Morgan fingerprint density at radius 2 is 2.07 bits per heavy atom. The number of pyridine rings is 1. The van der Waals surface area contributed by atoms with Crippen molar-refractivity contribution in [2.75, 3.05) is 25.0 Å². The lowest BCUT2D eigenvalue weighted by Crippen LogP contribution is -2.44. The number of carbonyl (C=O) groups is 1. The molecule has 3 rings (SSSR count). The highest BCUT2D eigenvalue weighted by atomic mass is 16.6. The first-order chi connectivity index (χ1) is 12.8. The van der Waals surface area contributed by atoms with E-state index < -0.39 is 5.60 Å². The van der Waals surface area contributed by atoms with Crippen molar-refractivity contribution in [2.24, 2.45) is 5.92 Å². The van der Waals surface area contributed by atoms with Crippen LogP contribution in [-0.4, -0.2) is 50.8 Å². The molecule has 1 fully saturated rings. The zero-order valence-corrected chi connectivity index (χ0v) is 17.5. The van der Waals surface area contributed by atoms with Crippen LogP contribution in [0.4, 0.5) is 10.7 Å². The largest absolute Gasteiger partial charge is 0.444 e. The number of anilines is 1. The fourth-order valence-corrected chi connectivity index (χ4v) is 3.13. The SMILES string of the molecule is CC.Cc1cccn2c(NCC3CCCN(C(=O)OC(C)(C)C)C3)nnc12. The molecular weight excluding hydrogens is 342 g/mol.